The van der Waals surface area contributed by atoms with Gasteiger partial charge in [-0.1, -0.05) is 34.1 Å². The first-order valence-corrected chi connectivity index (χ1v) is 8.13. The molecule has 1 rings (SSSR count). The summed E-state index contributed by atoms with van der Waals surface area (Å²) < 4.78 is 6.42. The second-order valence-electron chi connectivity index (χ2n) is 7.62. The lowest BCUT2D eigenvalue weighted by Crippen LogP contribution is -2.44. The summed E-state index contributed by atoms with van der Waals surface area (Å²) in [4.78, 5) is 0. The van der Waals surface area contributed by atoms with Gasteiger partial charge in [-0.2, -0.15) is 0 Å². The van der Waals surface area contributed by atoms with Gasteiger partial charge in [-0.3, -0.25) is 0 Å². The minimum atomic E-state index is -0.0175. The van der Waals surface area contributed by atoms with Crippen LogP contribution < -0.4 is 5.73 Å². The zero-order valence-electron chi connectivity index (χ0n) is 14.0. The maximum atomic E-state index is 6.42. The molecule has 2 nitrogen and oxygen atoms in total. The van der Waals surface area contributed by atoms with E-state index in [-0.39, 0.29) is 5.60 Å². The Morgan fingerprint density at radius 2 is 1.68 bits per heavy atom. The van der Waals surface area contributed by atoms with E-state index in [4.69, 9.17) is 10.5 Å². The van der Waals surface area contributed by atoms with Gasteiger partial charge in [-0.05, 0) is 63.3 Å². The van der Waals surface area contributed by atoms with Gasteiger partial charge in [0.1, 0.15) is 0 Å². The lowest BCUT2D eigenvalue weighted by atomic mass is 9.66. The quantitative estimate of drug-likeness (QED) is 0.777. The Hall–Kier alpha value is -0.0800. The molecule has 0 saturated heterocycles. The van der Waals surface area contributed by atoms with Crippen LogP contribution in [0.25, 0.3) is 0 Å². The Bertz CT molecular complexity index is 272. The largest absolute Gasteiger partial charge is 0.372 e. The maximum absolute atomic E-state index is 6.42. The average Bonchev–Trinajstić information content (AvgIpc) is 2.38. The molecule has 0 spiro atoms. The van der Waals surface area contributed by atoms with Crippen molar-refractivity contribution in [3.63, 3.8) is 0 Å². The van der Waals surface area contributed by atoms with Crippen molar-refractivity contribution in [2.75, 3.05) is 6.54 Å². The molecule has 1 saturated carbocycles. The molecule has 0 aromatic rings. The summed E-state index contributed by atoms with van der Waals surface area (Å²) in [5.74, 6) is 1.33. The van der Waals surface area contributed by atoms with Crippen molar-refractivity contribution >= 4 is 0 Å². The highest BCUT2D eigenvalue weighted by Gasteiger charge is 2.39. The van der Waals surface area contributed by atoms with Crippen LogP contribution >= 0.6 is 0 Å². The molecule has 19 heavy (non-hydrogen) atoms. The third-order valence-corrected chi connectivity index (χ3v) is 5.57. The third kappa shape index (κ3) is 4.46. The predicted molar refractivity (Wildman–Crippen MR) is 83.2 cm³/mol. The van der Waals surface area contributed by atoms with E-state index < -0.39 is 0 Å². The monoisotopic (exact) mass is 269 g/mol. The van der Waals surface area contributed by atoms with Crippen molar-refractivity contribution in [2.45, 2.75) is 85.4 Å². The van der Waals surface area contributed by atoms with E-state index in [1.165, 1.54) is 25.7 Å². The number of rotatable bonds is 6. The molecule has 114 valence electrons. The van der Waals surface area contributed by atoms with Gasteiger partial charge < -0.3 is 10.5 Å². The molecular weight excluding hydrogens is 234 g/mol. The third-order valence-electron chi connectivity index (χ3n) is 5.57. The summed E-state index contributed by atoms with van der Waals surface area (Å²) in [6.07, 6.45) is 6.39. The van der Waals surface area contributed by atoms with Crippen LogP contribution in [0.3, 0.4) is 0 Å². The summed E-state index contributed by atoms with van der Waals surface area (Å²) >= 11 is 0. The van der Waals surface area contributed by atoms with E-state index in [2.05, 4.69) is 41.5 Å². The molecule has 0 aliphatic heterocycles. The molecule has 0 aromatic heterocycles. The summed E-state index contributed by atoms with van der Waals surface area (Å²) in [5.41, 5.74) is 6.37. The number of nitrogens with two attached hydrogens (primary N) is 1. The smallest absolute Gasteiger partial charge is 0.0627 e. The highest BCUT2D eigenvalue weighted by Crippen LogP contribution is 2.43. The van der Waals surface area contributed by atoms with Crippen LogP contribution in [-0.2, 0) is 4.74 Å². The lowest BCUT2D eigenvalue weighted by molar-refractivity contribution is -0.124. The molecule has 0 aromatic carbocycles. The Morgan fingerprint density at radius 1 is 1.05 bits per heavy atom. The van der Waals surface area contributed by atoms with Crippen molar-refractivity contribution in [3.8, 4) is 0 Å². The van der Waals surface area contributed by atoms with Crippen molar-refractivity contribution in [3.05, 3.63) is 0 Å². The molecule has 0 heterocycles. The van der Waals surface area contributed by atoms with Crippen LogP contribution in [0.2, 0.25) is 0 Å². The van der Waals surface area contributed by atoms with Crippen LogP contribution in [0.15, 0.2) is 0 Å². The zero-order valence-corrected chi connectivity index (χ0v) is 14.0. The maximum Gasteiger partial charge on any atom is 0.0627 e. The Labute approximate surface area is 120 Å². The standard InChI is InChI=1S/C17H35NO/c1-7-16(3,4)14-10-9-13(12-18)15(11-14)19-17(5,6)8-2/h13-15H,7-12,18H2,1-6H3. The van der Waals surface area contributed by atoms with Crippen molar-refractivity contribution in [2.24, 2.45) is 23.0 Å². The molecule has 2 N–H and O–H groups in total. The Kier molecular flexibility index (Phi) is 5.88. The molecule has 1 aliphatic rings. The van der Waals surface area contributed by atoms with E-state index in [0.29, 0.717) is 17.4 Å². The number of ether oxygens (including phenoxy) is 1. The van der Waals surface area contributed by atoms with Gasteiger partial charge >= 0.3 is 0 Å². The van der Waals surface area contributed by atoms with Crippen molar-refractivity contribution < 1.29 is 4.74 Å². The minimum absolute atomic E-state index is 0.0175. The Balaban J connectivity index is 2.74. The van der Waals surface area contributed by atoms with Gasteiger partial charge in [0, 0.05) is 0 Å². The summed E-state index contributed by atoms with van der Waals surface area (Å²) in [6.45, 7) is 14.5. The van der Waals surface area contributed by atoms with Crippen molar-refractivity contribution in [1.29, 1.82) is 0 Å². The van der Waals surface area contributed by atoms with E-state index in [1.54, 1.807) is 0 Å². The van der Waals surface area contributed by atoms with Gasteiger partial charge in [0.25, 0.3) is 0 Å². The first kappa shape index (κ1) is 17.0. The van der Waals surface area contributed by atoms with Crippen LogP contribution in [0, 0.1) is 17.3 Å². The highest BCUT2D eigenvalue weighted by molar-refractivity contribution is 4.89. The zero-order chi connectivity index (χ0) is 14.7. The lowest BCUT2D eigenvalue weighted by Gasteiger charge is -2.45. The van der Waals surface area contributed by atoms with Gasteiger partial charge in [0.05, 0.1) is 11.7 Å². The second-order valence-corrected chi connectivity index (χ2v) is 7.62. The summed E-state index contributed by atoms with van der Waals surface area (Å²) in [5, 5.41) is 0. The van der Waals surface area contributed by atoms with E-state index in [0.717, 1.165) is 18.9 Å². The van der Waals surface area contributed by atoms with Crippen LogP contribution in [0.4, 0.5) is 0 Å². The molecule has 0 amide bonds. The van der Waals surface area contributed by atoms with Crippen LogP contribution in [-0.4, -0.2) is 18.2 Å². The first-order valence-electron chi connectivity index (χ1n) is 8.13. The number of hydrogen-bond acceptors (Lipinski definition) is 2. The van der Waals surface area contributed by atoms with E-state index >= 15 is 0 Å². The SMILES string of the molecule is CCC(C)(C)OC1CC(C(C)(C)CC)CCC1CN. The summed E-state index contributed by atoms with van der Waals surface area (Å²) in [6, 6.07) is 0. The fourth-order valence-electron chi connectivity index (χ4n) is 3.10. The fourth-order valence-corrected chi connectivity index (χ4v) is 3.10. The topological polar surface area (TPSA) is 35.2 Å². The van der Waals surface area contributed by atoms with Gasteiger partial charge in [0.15, 0.2) is 0 Å². The van der Waals surface area contributed by atoms with Crippen molar-refractivity contribution in [1.82, 2.24) is 0 Å². The molecule has 3 unspecified atom stereocenters. The van der Waals surface area contributed by atoms with Crippen LogP contribution in [0.5, 0.6) is 0 Å². The van der Waals surface area contributed by atoms with Gasteiger partial charge in [-0.15, -0.1) is 0 Å². The molecule has 1 aliphatic carbocycles. The van der Waals surface area contributed by atoms with E-state index in [1.807, 2.05) is 0 Å². The van der Waals surface area contributed by atoms with Gasteiger partial charge in [-0.25, -0.2) is 0 Å². The molecule has 3 atom stereocenters. The molecule has 2 heteroatoms. The second kappa shape index (κ2) is 6.58. The molecule has 0 bridgehead atoms. The molecule has 1 fully saturated rings. The molecular formula is C17H35NO. The fraction of sp³-hybridized carbons (Fsp3) is 1.00. The normalized spacial score (nSPS) is 29.5. The highest BCUT2D eigenvalue weighted by atomic mass is 16.5. The van der Waals surface area contributed by atoms with Gasteiger partial charge in [0.2, 0.25) is 0 Å². The predicted octanol–water partition coefficient (Wildman–Crippen LogP) is 4.37. The molecule has 0 radical (unpaired) electrons. The van der Waals surface area contributed by atoms with Crippen LogP contribution in [0.1, 0.15) is 73.6 Å². The minimum Gasteiger partial charge on any atom is -0.372 e. The van der Waals surface area contributed by atoms with E-state index in [9.17, 15) is 0 Å². The Morgan fingerprint density at radius 3 is 2.16 bits per heavy atom. The number of hydrogen-bond donors (Lipinski definition) is 1. The first-order chi connectivity index (χ1) is 8.75. The summed E-state index contributed by atoms with van der Waals surface area (Å²) in [7, 11) is 0. The average molecular weight is 269 g/mol.